The number of nitrogens with zero attached hydrogens (tertiary/aromatic N) is 1. The van der Waals surface area contributed by atoms with Crippen LogP contribution in [0.2, 0.25) is 0 Å². The molecule has 100 valence electrons. The van der Waals surface area contributed by atoms with Gasteiger partial charge < -0.3 is 10.3 Å². The van der Waals surface area contributed by atoms with Gasteiger partial charge in [-0.25, -0.2) is 4.98 Å². The quantitative estimate of drug-likeness (QED) is 0.859. The van der Waals surface area contributed by atoms with Crippen LogP contribution in [0.1, 0.15) is 50.3 Å². The van der Waals surface area contributed by atoms with E-state index in [1.807, 2.05) is 20.8 Å². The van der Waals surface area contributed by atoms with E-state index in [4.69, 9.17) is 0 Å². The van der Waals surface area contributed by atoms with Gasteiger partial charge in [0.15, 0.2) is 0 Å². The molecule has 1 aliphatic rings. The first-order valence-electron chi connectivity index (χ1n) is 6.62. The minimum Gasteiger partial charge on any atom is -0.310 e. The third-order valence-corrected chi connectivity index (χ3v) is 4.09. The van der Waals surface area contributed by atoms with Crippen LogP contribution in [0, 0.1) is 25.2 Å². The summed E-state index contributed by atoms with van der Waals surface area (Å²) in [5.41, 5.74) is 2.04. The Hall–Kier alpha value is -1.16. The molecule has 0 aliphatic heterocycles. The third-order valence-electron chi connectivity index (χ3n) is 4.09. The van der Waals surface area contributed by atoms with E-state index in [2.05, 4.69) is 29.1 Å². The highest BCUT2D eigenvalue weighted by Crippen LogP contribution is 2.51. The highest BCUT2D eigenvalue weighted by Gasteiger charge is 2.45. The van der Waals surface area contributed by atoms with Gasteiger partial charge in [0, 0.05) is 11.7 Å². The first kappa shape index (κ1) is 13.3. The van der Waals surface area contributed by atoms with Gasteiger partial charge in [0.05, 0.1) is 5.56 Å². The first-order valence-corrected chi connectivity index (χ1v) is 6.62. The lowest BCUT2D eigenvalue weighted by Crippen LogP contribution is -2.29. The average Bonchev–Trinajstić information content (AvgIpc) is 2.82. The maximum Gasteiger partial charge on any atom is 0.255 e. The Labute approximate surface area is 108 Å². The molecule has 2 rings (SSSR count). The van der Waals surface area contributed by atoms with Crippen molar-refractivity contribution < 1.29 is 0 Å². The van der Waals surface area contributed by atoms with Gasteiger partial charge in [-0.05, 0) is 45.1 Å². The fraction of sp³-hybridized carbons (Fsp3) is 0.714. The van der Waals surface area contributed by atoms with E-state index in [1.165, 1.54) is 6.42 Å². The van der Waals surface area contributed by atoms with Crippen molar-refractivity contribution in [2.75, 3.05) is 6.54 Å². The van der Waals surface area contributed by atoms with Gasteiger partial charge in [0.2, 0.25) is 0 Å². The fourth-order valence-electron chi connectivity index (χ4n) is 2.59. The fourth-order valence-corrected chi connectivity index (χ4v) is 2.59. The maximum absolute atomic E-state index is 12.0. The van der Waals surface area contributed by atoms with Crippen molar-refractivity contribution in [1.29, 1.82) is 0 Å². The van der Waals surface area contributed by atoms with Crippen molar-refractivity contribution >= 4 is 0 Å². The molecule has 1 saturated carbocycles. The molecule has 0 amide bonds. The van der Waals surface area contributed by atoms with Crippen LogP contribution in [0.3, 0.4) is 0 Å². The van der Waals surface area contributed by atoms with Crippen molar-refractivity contribution in [3.63, 3.8) is 0 Å². The van der Waals surface area contributed by atoms with Gasteiger partial charge in [0.25, 0.3) is 5.56 Å². The lowest BCUT2D eigenvalue weighted by Gasteiger charge is -2.16. The summed E-state index contributed by atoms with van der Waals surface area (Å²) in [5.74, 6) is 1.41. The number of hydrogen-bond donors (Lipinski definition) is 2. The first-order chi connectivity index (χ1) is 8.31. The smallest absolute Gasteiger partial charge is 0.255 e. The van der Waals surface area contributed by atoms with Gasteiger partial charge in [-0.2, -0.15) is 0 Å². The second kappa shape index (κ2) is 4.50. The maximum atomic E-state index is 12.0. The molecule has 4 heteroatoms. The Balaban J connectivity index is 2.05. The standard InChI is InChI=1S/C14H23N3O/c1-8(15-7-11-6-14(11,4)5)12-9(2)16-10(3)17-13(12)18/h8,11,15H,6-7H2,1-5H3,(H,16,17,18). The molecule has 0 bridgehead atoms. The van der Waals surface area contributed by atoms with Gasteiger partial charge in [0.1, 0.15) is 5.82 Å². The molecule has 1 aromatic rings. The summed E-state index contributed by atoms with van der Waals surface area (Å²) < 4.78 is 0. The molecule has 1 fully saturated rings. The lowest BCUT2D eigenvalue weighted by atomic mass is 10.1. The summed E-state index contributed by atoms with van der Waals surface area (Å²) in [5, 5.41) is 3.46. The topological polar surface area (TPSA) is 57.8 Å². The van der Waals surface area contributed by atoms with Gasteiger partial charge >= 0.3 is 0 Å². The molecule has 2 atom stereocenters. The number of aromatic nitrogens is 2. The highest BCUT2D eigenvalue weighted by atomic mass is 16.1. The van der Waals surface area contributed by atoms with Crippen LogP contribution in [0.4, 0.5) is 0 Å². The molecule has 18 heavy (non-hydrogen) atoms. The van der Waals surface area contributed by atoms with Crippen LogP contribution >= 0.6 is 0 Å². The van der Waals surface area contributed by atoms with E-state index in [0.717, 1.165) is 23.7 Å². The van der Waals surface area contributed by atoms with E-state index < -0.39 is 0 Å². The molecule has 0 radical (unpaired) electrons. The molecular weight excluding hydrogens is 226 g/mol. The Morgan fingerprint density at radius 2 is 2.11 bits per heavy atom. The van der Waals surface area contributed by atoms with Crippen molar-refractivity contribution in [2.24, 2.45) is 11.3 Å². The normalized spacial score (nSPS) is 22.8. The average molecular weight is 249 g/mol. The molecule has 1 aliphatic carbocycles. The predicted octanol–water partition coefficient (Wildman–Crippen LogP) is 2.08. The van der Waals surface area contributed by atoms with E-state index >= 15 is 0 Å². The zero-order valence-electron chi connectivity index (χ0n) is 11.9. The Bertz CT molecular complexity index is 504. The molecule has 0 saturated heterocycles. The molecule has 0 aromatic carbocycles. The molecule has 2 unspecified atom stereocenters. The number of aromatic amines is 1. The molecule has 1 aromatic heterocycles. The minimum absolute atomic E-state index is 0.0185. The van der Waals surface area contributed by atoms with E-state index in [0.29, 0.717) is 11.2 Å². The van der Waals surface area contributed by atoms with E-state index in [1.54, 1.807) is 0 Å². The third kappa shape index (κ3) is 2.64. The number of H-pyrrole nitrogens is 1. The van der Waals surface area contributed by atoms with Crippen LogP contribution in [0.25, 0.3) is 0 Å². The summed E-state index contributed by atoms with van der Waals surface area (Å²) in [7, 11) is 0. The molecule has 1 heterocycles. The lowest BCUT2D eigenvalue weighted by molar-refractivity contribution is 0.481. The van der Waals surface area contributed by atoms with Crippen molar-refractivity contribution in [1.82, 2.24) is 15.3 Å². The molecule has 2 N–H and O–H groups in total. The Morgan fingerprint density at radius 3 is 2.61 bits per heavy atom. The monoisotopic (exact) mass is 249 g/mol. The van der Waals surface area contributed by atoms with Crippen molar-refractivity contribution in [2.45, 2.75) is 47.1 Å². The van der Waals surface area contributed by atoms with E-state index in [9.17, 15) is 4.79 Å². The van der Waals surface area contributed by atoms with Gasteiger partial charge in [-0.15, -0.1) is 0 Å². The van der Waals surface area contributed by atoms with Crippen molar-refractivity contribution in [3.8, 4) is 0 Å². The second-order valence-corrected chi connectivity index (χ2v) is 6.17. The second-order valence-electron chi connectivity index (χ2n) is 6.17. The van der Waals surface area contributed by atoms with Crippen LogP contribution in [0.5, 0.6) is 0 Å². The molecule has 0 spiro atoms. The van der Waals surface area contributed by atoms with Gasteiger partial charge in [-0.1, -0.05) is 13.8 Å². The van der Waals surface area contributed by atoms with Crippen LogP contribution in [-0.4, -0.2) is 16.5 Å². The number of nitrogens with one attached hydrogen (secondary N) is 2. The van der Waals surface area contributed by atoms with Crippen molar-refractivity contribution in [3.05, 3.63) is 27.4 Å². The van der Waals surface area contributed by atoms with E-state index in [-0.39, 0.29) is 11.6 Å². The SMILES string of the molecule is Cc1nc(C)c(C(C)NCC2CC2(C)C)c(=O)[nH]1. The molecular formula is C14H23N3O. The number of hydrogen-bond acceptors (Lipinski definition) is 3. The van der Waals surface area contributed by atoms with Crippen LogP contribution in [0.15, 0.2) is 4.79 Å². The van der Waals surface area contributed by atoms with Gasteiger partial charge in [-0.3, -0.25) is 4.79 Å². The summed E-state index contributed by atoms with van der Waals surface area (Å²) in [6, 6.07) is 0.0539. The summed E-state index contributed by atoms with van der Waals surface area (Å²) >= 11 is 0. The largest absolute Gasteiger partial charge is 0.310 e. The Kier molecular flexibility index (Phi) is 3.32. The summed E-state index contributed by atoms with van der Waals surface area (Å²) in [6.45, 7) is 11.3. The summed E-state index contributed by atoms with van der Waals surface area (Å²) in [6.07, 6.45) is 1.27. The number of aryl methyl sites for hydroxylation is 2. The summed E-state index contributed by atoms with van der Waals surface area (Å²) in [4.78, 5) is 19.1. The zero-order valence-corrected chi connectivity index (χ0v) is 11.9. The predicted molar refractivity (Wildman–Crippen MR) is 72.6 cm³/mol. The zero-order chi connectivity index (χ0) is 13.5. The molecule has 4 nitrogen and oxygen atoms in total. The highest BCUT2D eigenvalue weighted by molar-refractivity contribution is 5.20. The number of rotatable bonds is 4. The van der Waals surface area contributed by atoms with Crippen LogP contribution in [-0.2, 0) is 0 Å². The minimum atomic E-state index is -0.0185. The Morgan fingerprint density at radius 1 is 1.50 bits per heavy atom. The van der Waals surface area contributed by atoms with Crippen LogP contribution < -0.4 is 10.9 Å².